The Balaban J connectivity index is 2.11. The van der Waals surface area contributed by atoms with Crippen molar-refractivity contribution in [2.24, 2.45) is 7.05 Å². The van der Waals surface area contributed by atoms with Gasteiger partial charge in [-0.15, -0.1) is 0 Å². The molecule has 4 nitrogen and oxygen atoms in total. The third-order valence-corrected chi connectivity index (χ3v) is 3.19. The molecule has 2 rings (SSSR count). The molecule has 0 fully saturated rings. The topological polar surface area (TPSA) is 38.1 Å². The lowest BCUT2D eigenvalue weighted by molar-refractivity contribution is 0.0774. The summed E-state index contributed by atoms with van der Waals surface area (Å²) in [6.45, 7) is 0.573. The van der Waals surface area contributed by atoms with Gasteiger partial charge in [-0.2, -0.15) is 5.10 Å². The Hall–Kier alpha value is -1.62. The zero-order valence-electron chi connectivity index (χ0n) is 10.3. The largest absolute Gasteiger partial charge is 0.336 e. The molecule has 1 aromatic carbocycles. The number of rotatable bonds is 3. The zero-order chi connectivity index (χ0) is 13.1. The molecule has 5 heteroatoms. The van der Waals surface area contributed by atoms with E-state index in [1.807, 2.05) is 24.3 Å². The first-order valence-electron chi connectivity index (χ1n) is 5.56. The van der Waals surface area contributed by atoms with E-state index < -0.39 is 0 Å². The number of halogens is 1. The third-order valence-electron chi connectivity index (χ3n) is 2.70. The number of amides is 1. The highest BCUT2D eigenvalue weighted by Crippen LogP contribution is 2.14. The number of benzene rings is 1. The fourth-order valence-corrected chi connectivity index (χ4v) is 2.21. The van der Waals surface area contributed by atoms with Gasteiger partial charge in [-0.25, -0.2) is 0 Å². The van der Waals surface area contributed by atoms with E-state index in [4.69, 9.17) is 0 Å². The van der Waals surface area contributed by atoms with Crippen molar-refractivity contribution in [3.63, 3.8) is 0 Å². The maximum atomic E-state index is 12.2. The minimum atomic E-state index is -0.0324. The van der Waals surface area contributed by atoms with E-state index >= 15 is 0 Å². The molecule has 0 aliphatic rings. The van der Waals surface area contributed by atoms with Crippen molar-refractivity contribution in [2.75, 3.05) is 7.05 Å². The molecule has 0 radical (unpaired) electrons. The Morgan fingerprint density at radius 3 is 2.83 bits per heavy atom. The Labute approximate surface area is 114 Å². The molecule has 0 saturated heterocycles. The summed E-state index contributed by atoms with van der Waals surface area (Å²) in [4.78, 5) is 13.8. The Morgan fingerprint density at radius 2 is 2.22 bits per heavy atom. The molecule has 1 heterocycles. The van der Waals surface area contributed by atoms with Crippen LogP contribution in [-0.4, -0.2) is 27.6 Å². The van der Waals surface area contributed by atoms with Crippen LogP contribution in [0.4, 0.5) is 0 Å². The number of aryl methyl sites for hydroxylation is 1. The number of carbonyl (C=O) groups is 1. The van der Waals surface area contributed by atoms with E-state index in [1.165, 1.54) is 0 Å². The molecular weight excluding hydrogens is 294 g/mol. The van der Waals surface area contributed by atoms with Crippen LogP contribution < -0.4 is 0 Å². The van der Waals surface area contributed by atoms with Gasteiger partial charge >= 0.3 is 0 Å². The minimum Gasteiger partial charge on any atom is -0.336 e. The fourth-order valence-electron chi connectivity index (χ4n) is 1.76. The maximum absolute atomic E-state index is 12.2. The van der Waals surface area contributed by atoms with Crippen LogP contribution in [0.1, 0.15) is 16.1 Å². The van der Waals surface area contributed by atoms with Crippen molar-refractivity contribution < 1.29 is 4.79 Å². The molecule has 18 heavy (non-hydrogen) atoms. The highest BCUT2D eigenvalue weighted by Gasteiger charge is 2.15. The number of hydrogen-bond acceptors (Lipinski definition) is 2. The molecule has 94 valence electrons. The molecule has 0 aliphatic heterocycles. The summed E-state index contributed by atoms with van der Waals surface area (Å²) in [6, 6.07) is 9.65. The highest BCUT2D eigenvalue weighted by atomic mass is 79.9. The van der Waals surface area contributed by atoms with E-state index in [2.05, 4.69) is 21.0 Å². The first kappa shape index (κ1) is 12.8. The predicted octanol–water partition coefficient (Wildman–Crippen LogP) is 2.45. The van der Waals surface area contributed by atoms with Crippen LogP contribution in [-0.2, 0) is 13.6 Å². The monoisotopic (exact) mass is 307 g/mol. The predicted molar refractivity (Wildman–Crippen MR) is 73.1 cm³/mol. The van der Waals surface area contributed by atoms with Gasteiger partial charge in [0.15, 0.2) is 0 Å². The summed E-state index contributed by atoms with van der Waals surface area (Å²) in [5.41, 5.74) is 1.68. The molecule has 0 spiro atoms. The lowest BCUT2D eigenvalue weighted by Crippen LogP contribution is -2.28. The van der Waals surface area contributed by atoms with Crippen LogP contribution in [0.5, 0.6) is 0 Å². The van der Waals surface area contributed by atoms with Crippen molar-refractivity contribution in [3.8, 4) is 0 Å². The van der Waals surface area contributed by atoms with Crippen molar-refractivity contribution in [1.82, 2.24) is 14.7 Å². The van der Waals surface area contributed by atoms with Gasteiger partial charge in [0.1, 0.15) is 5.69 Å². The summed E-state index contributed by atoms with van der Waals surface area (Å²) in [5, 5.41) is 4.00. The molecule has 0 aliphatic carbocycles. The summed E-state index contributed by atoms with van der Waals surface area (Å²) >= 11 is 3.42. The second-order valence-electron chi connectivity index (χ2n) is 4.13. The highest BCUT2D eigenvalue weighted by molar-refractivity contribution is 9.10. The second-order valence-corrected chi connectivity index (χ2v) is 5.05. The van der Waals surface area contributed by atoms with E-state index in [0.29, 0.717) is 12.2 Å². The second kappa shape index (κ2) is 5.35. The summed E-state index contributed by atoms with van der Waals surface area (Å²) in [7, 11) is 3.55. The number of hydrogen-bond donors (Lipinski definition) is 0. The van der Waals surface area contributed by atoms with Crippen LogP contribution in [0.2, 0.25) is 0 Å². The lowest BCUT2D eigenvalue weighted by Gasteiger charge is -2.17. The van der Waals surface area contributed by atoms with Crippen LogP contribution in [0.3, 0.4) is 0 Å². The van der Waals surface area contributed by atoms with Crippen LogP contribution in [0.25, 0.3) is 0 Å². The molecule has 0 N–H and O–H groups in total. The number of aromatic nitrogens is 2. The Morgan fingerprint density at radius 1 is 1.44 bits per heavy atom. The van der Waals surface area contributed by atoms with Gasteiger partial charge in [0, 0.05) is 31.3 Å². The van der Waals surface area contributed by atoms with Gasteiger partial charge < -0.3 is 4.90 Å². The maximum Gasteiger partial charge on any atom is 0.272 e. The van der Waals surface area contributed by atoms with Gasteiger partial charge in [-0.3, -0.25) is 9.48 Å². The average Bonchev–Trinajstić information content (AvgIpc) is 2.74. The minimum absolute atomic E-state index is 0.0324. The smallest absolute Gasteiger partial charge is 0.272 e. The van der Waals surface area contributed by atoms with E-state index in [1.54, 1.807) is 35.9 Å². The molecule has 0 unspecified atom stereocenters. The number of carbonyl (C=O) groups excluding carboxylic acids is 1. The van der Waals surface area contributed by atoms with Gasteiger partial charge in [0.25, 0.3) is 5.91 Å². The fraction of sp³-hybridized carbons (Fsp3) is 0.231. The quantitative estimate of drug-likeness (QED) is 0.873. The molecule has 1 aromatic heterocycles. The molecule has 0 atom stereocenters. The van der Waals surface area contributed by atoms with Crippen LogP contribution >= 0.6 is 15.9 Å². The van der Waals surface area contributed by atoms with E-state index in [0.717, 1.165) is 10.0 Å². The normalized spacial score (nSPS) is 10.4. The third kappa shape index (κ3) is 2.79. The van der Waals surface area contributed by atoms with Crippen molar-refractivity contribution in [1.29, 1.82) is 0 Å². The van der Waals surface area contributed by atoms with Crippen LogP contribution in [0, 0.1) is 0 Å². The van der Waals surface area contributed by atoms with Gasteiger partial charge in [-0.05, 0) is 23.8 Å². The zero-order valence-corrected chi connectivity index (χ0v) is 11.9. The summed E-state index contributed by atoms with van der Waals surface area (Å²) in [5.74, 6) is -0.0324. The van der Waals surface area contributed by atoms with Crippen molar-refractivity contribution in [2.45, 2.75) is 6.54 Å². The summed E-state index contributed by atoms with van der Waals surface area (Å²) in [6.07, 6.45) is 1.63. The van der Waals surface area contributed by atoms with Crippen molar-refractivity contribution >= 4 is 21.8 Å². The first-order valence-corrected chi connectivity index (χ1v) is 6.35. The Bertz CT molecular complexity index is 565. The molecule has 1 amide bonds. The summed E-state index contributed by atoms with van der Waals surface area (Å²) < 4.78 is 2.60. The van der Waals surface area contributed by atoms with Crippen molar-refractivity contribution in [3.05, 3.63) is 52.3 Å². The van der Waals surface area contributed by atoms with Gasteiger partial charge in [0.2, 0.25) is 0 Å². The standard InChI is InChI=1S/C13H14BrN3O/c1-16(9-10-4-3-5-11(14)8-10)13(18)12-6-7-15-17(12)2/h3-8H,9H2,1-2H3. The van der Waals surface area contributed by atoms with Gasteiger partial charge in [0.05, 0.1) is 0 Å². The molecule has 0 bridgehead atoms. The first-order chi connectivity index (χ1) is 8.58. The van der Waals surface area contributed by atoms with Crippen LogP contribution in [0.15, 0.2) is 41.0 Å². The van der Waals surface area contributed by atoms with E-state index in [9.17, 15) is 4.79 Å². The van der Waals surface area contributed by atoms with E-state index in [-0.39, 0.29) is 5.91 Å². The Kier molecular flexibility index (Phi) is 3.81. The average molecular weight is 308 g/mol. The lowest BCUT2D eigenvalue weighted by atomic mass is 10.2. The number of nitrogens with zero attached hydrogens (tertiary/aromatic N) is 3. The molecule has 0 saturated carbocycles. The molecular formula is C13H14BrN3O. The SMILES string of the molecule is CN(Cc1cccc(Br)c1)C(=O)c1ccnn1C. The van der Waals surface area contributed by atoms with Gasteiger partial charge in [-0.1, -0.05) is 28.1 Å². The molecule has 2 aromatic rings.